The molecule has 2 unspecified atom stereocenters. The highest BCUT2D eigenvalue weighted by Crippen LogP contribution is 2.13. The first kappa shape index (κ1) is 11.6. The van der Waals surface area contributed by atoms with E-state index in [-0.39, 0.29) is 0 Å². The van der Waals surface area contributed by atoms with Gasteiger partial charge in [0.25, 0.3) is 0 Å². The molecule has 2 heterocycles. The number of nitrogens with zero attached hydrogens (tertiary/aromatic N) is 2. The lowest BCUT2D eigenvalue weighted by atomic mass is 10.1. The van der Waals surface area contributed by atoms with Crippen LogP contribution in [0.3, 0.4) is 0 Å². The molecule has 0 saturated carbocycles. The first-order chi connectivity index (χ1) is 7.69. The minimum atomic E-state index is 0.551. The highest BCUT2D eigenvalue weighted by molar-refractivity contribution is 4.93. The highest BCUT2D eigenvalue weighted by atomic mass is 16.4. The van der Waals surface area contributed by atoms with E-state index in [1.54, 1.807) is 6.20 Å². The number of piperazine rings is 1. The standard InChI is InChI=1S/C12H21N3O/c1-4-11-7-15(9(2)5-13-11)8-12-14-6-10(3)16-12/h6,9,11,13H,4-5,7-8H2,1-3H3. The van der Waals surface area contributed by atoms with Crippen LogP contribution in [-0.2, 0) is 6.54 Å². The van der Waals surface area contributed by atoms with Gasteiger partial charge in [0.1, 0.15) is 5.76 Å². The van der Waals surface area contributed by atoms with E-state index >= 15 is 0 Å². The van der Waals surface area contributed by atoms with E-state index in [1.165, 1.54) is 6.42 Å². The highest BCUT2D eigenvalue weighted by Gasteiger charge is 2.24. The van der Waals surface area contributed by atoms with Gasteiger partial charge in [-0.2, -0.15) is 0 Å². The van der Waals surface area contributed by atoms with Crippen LogP contribution in [0.25, 0.3) is 0 Å². The largest absolute Gasteiger partial charge is 0.445 e. The number of nitrogens with one attached hydrogen (secondary N) is 1. The molecule has 0 radical (unpaired) electrons. The second kappa shape index (κ2) is 4.97. The lowest BCUT2D eigenvalue weighted by molar-refractivity contribution is 0.120. The van der Waals surface area contributed by atoms with E-state index in [2.05, 4.69) is 29.0 Å². The van der Waals surface area contributed by atoms with E-state index in [9.17, 15) is 0 Å². The van der Waals surface area contributed by atoms with Crippen molar-refractivity contribution in [3.8, 4) is 0 Å². The van der Waals surface area contributed by atoms with Crippen molar-refractivity contribution in [1.82, 2.24) is 15.2 Å². The van der Waals surface area contributed by atoms with Crippen molar-refractivity contribution in [2.45, 2.75) is 45.8 Å². The molecule has 1 aliphatic rings. The van der Waals surface area contributed by atoms with E-state index in [0.717, 1.165) is 31.3 Å². The summed E-state index contributed by atoms with van der Waals surface area (Å²) < 4.78 is 5.53. The molecule has 1 aromatic rings. The maximum Gasteiger partial charge on any atom is 0.208 e. The zero-order valence-electron chi connectivity index (χ0n) is 10.4. The van der Waals surface area contributed by atoms with Crippen LogP contribution in [0.15, 0.2) is 10.6 Å². The zero-order valence-corrected chi connectivity index (χ0v) is 10.4. The smallest absolute Gasteiger partial charge is 0.208 e. The van der Waals surface area contributed by atoms with Crippen LogP contribution in [0.5, 0.6) is 0 Å². The van der Waals surface area contributed by atoms with Gasteiger partial charge in [-0.3, -0.25) is 4.90 Å². The Hall–Kier alpha value is -0.870. The lowest BCUT2D eigenvalue weighted by Crippen LogP contribution is -2.54. The van der Waals surface area contributed by atoms with Gasteiger partial charge in [-0.1, -0.05) is 6.92 Å². The topological polar surface area (TPSA) is 41.3 Å². The molecule has 1 aliphatic heterocycles. The number of hydrogen-bond donors (Lipinski definition) is 1. The Morgan fingerprint density at radius 3 is 3.06 bits per heavy atom. The minimum absolute atomic E-state index is 0.551. The average Bonchev–Trinajstić information content (AvgIpc) is 2.67. The maximum atomic E-state index is 5.53. The molecule has 4 heteroatoms. The van der Waals surface area contributed by atoms with Gasteiger partial charge in [-0.25, -0.2) is 4.98 Å². The summed E-state index contributed by atoms with van der Waals surface area (Å²) in [6.45, 7) is 9.37. The summed E-state index contributed by atoms with van der Waals surface area (Å²) in [6.07, 6.45) is 2.97. The van der Waals surface area contributed by atoms with Crippen molar-refractivity contribution in [2.24, 2.45) is 0 Å². The molecular weight excluding hydrogens is 202 g/mol. The number of rotatable bonds is 3. The predicted molar refractivity (Wildman–Crippen MR) is 63.2 cm³/mol. The summed E-state index contributed by atoms with van der Waals surface area (Å²) >= 11 is 0. The summed E-state index contributed by atoms with van der Waals surface area (Å²) in [7, 11) is 0. The van der Waals surface area contributed by atoms with Crippen LogP contribution in [0.2, 0.25) is 0 Å². The molecule has 0 bridgehead atoms. The maximum absolute atomic E-state index is 5.53. The SMILES string of the molecule is CCC1CN(Cc2ncc(C)o2)C(C)CN1. The fourth-order valence-electron chi connectivity index (χ4n) is 2.14. The summed E-state index contributed by atoms with van der Waals surface area (Å²) in [5.41, 5.74) is 0. The monoisotopic (exact) mass is 223 g/mol. The molecule has 2 rings (SSSR count). The van der Waals surface area contributed by atoms with E-state index in [4.69, 9.17) is 4.42 Å². The van der Waals surface area contributed by atoms with Crippen molar-refractivity contribution in [3.05, 3.63) is 17.8 Å². The third-order valence-electron chi connectivity index (χ3n) is 3.28. The molecule has 4 nitrogen and oxygen atoms in total. The molecule has 16 heavy (non-hydrogen) atoms. The second-order valence-electron chi connectivity index (χ2n) is 4.66. The summed E-state index contributed by atoms with van der Waals surface area (Å²) in [5.74, 6) is 1.73. The summed E-state index contributed by atoms with van der Waals surface area (Å²) in [6, 6.07) is 1.15. The molecule has 1 aromatic heterocycles. The number of hydrogen-bond acceptors (Lipinski definition) is 4. The zero-order chi connectivity index (χ0) is 11.5. The molecule has 0 aliphatic carbocycles. The van der Waals surface area contributed by atoms with Gasteiger partial charge in [0.2, 0.25) is 5.89 Å². The fraction of sp³-hybridized carbons (Fsp3) is 0.750. The average molecular weight is 223 g/mol. The van der Waals surface area contributed by atoms with Gasteiger partial charge in [0, 0.05) is 25.2 Å². The van der Waals surface area contributed by atoms with Crippen LogP contribution < -0.4 is 5.32 Å². The van der Waals surface area contributed by atoms with Crippen LogP contribution in [0.1, 0.15) is 31.9 Å². The lowest BCUT2D eigenvalue weighted by Gasteiger charge is -2.37. The van der Waals surface area contributed by atoms with Crippen molar-refractivity contribution >= 4 is 0 Å². The van der Waals surface area contributed by atoms with Gasteiger partial charge in [-0.15, -0.1) is 0 Å². The third kappa shape index (κ3) is 2.62. The molecular formula is C12H21N3O. The van der Waals surface area contributed by atoms with Crippen molar-refractivity contribution in [2.75, 3.05) is 13.1 Å². The first-order valence-electron chi connectivity index (χ1n) is 6.07. The first-order valence-corrected chi connectivity index (χ1v) is 6.07. The van der Waals surface area contributed by atoms with Gasteiger partial charge in [-0.05, 0) is 20.3 Å². The van der Waals surface area contributed by atoms with Crippen LogP contribution >= 0.6 is 0 Å². The Kier molecular flexibility index (Phi) is 3.61. The Morgan fingerprint density at radius 2 is 2.44 bits per heavy atom. The van der Waals surface area contributed by atoms with Crippen molar-refractivity contribution < 1.29 is 4.42 Å². The molecule has 1 fully saturated rings. The Balaban J connectivity index is 1.96. The third-order valence-corrected chi connectivity index (χ3v) is 3.28. The van der Waals surface area contributed by atoms with Crippen LogP contribution in [0.4, 0.5) is 0 Å². The normalized spacial score (nSPS) is 27.2. The van der Waals surface area contributed by atoms with E-state index in [1.807, 2.05) is 6.92 Å². The Bertz CT molecular complexity index is 337. The molecule has 90 valence electrons. The molecule has 2 atom stereocenters. The number of oxazole rings is 1. The molecule has 0 amide bonds. The van der Waals surface area contributed by atoms with Gasteiger partial charge < -0.3 is 9.73 Å². The molecule has 1 N–H and O–H groups in total. The number of aryl methyl sites for hydroxylation is 1. The van der Waals surface area contributed by atoms with Crippen molar-refractivity contribution in [1.29, 1.82) is 0 Å². The minimum Gasteiger partial charge on any atom is -0.445 e. The second-order valence-corrected chi connectivity index (χ2v) is 4.66. The van der Waals surface area contributed by atoms with Gasteiger partial charge >= 0.3 is 0 Å². The van der Waals surface area contributed by atoms with Gasteiger partial charge in [0.15, 0.2) is 0 Å². The molecule has 0 spiro atoms. The van der Waals surface area contributed by atoms with E-state index < -0.39 is 0 Å². The number of aromatic nitrogens is 1. The van der Waals surface area contributed by atoms with Crippen molar-refractivity contribution in [3.63, 3.8) is 0 Å². The molecule has 0 aromatic carbocycles. The summed E-state index contributed by atoms with van der Waals surface area (Å²) in [5, 5.41) is 3.55. The van der Waals surface area contributed by atoms with E-state index in [0.29, 0.717) is 12.1 Å². The summed E-state index contributed by atoms with van der Waals surface area (Å²) in [4.78, 5) is 6.71. The Labute approximate surface area is 97.0 Å². The molecule has 1 saturated heterocycles. The quantitative estimate of drug-likeness (QED) is 0.844. The van der Waals surface area contributed by atoms with Crippen LogP contribution in [0, 0.1) is 6.92 Å². The fourth-order valence-corrected chi connectivity index (χ4v) is 2.14. The predicted octanol–water partition coefficient (Wildman–Crippen LogP) is 1.56. The Morgan fingerprint density at radius 1 is 1.62 bits per heavy atom. The van der Waals surface area contributed by atoms with Gasteiger partial charge in [0.05, 0.1) is 12.7 Å². The van der Waals surface area contributed by atoms with Crippen LogP contribution in [-0.4, -0.2) is 35.1 Å².